The van der Waals surface area contributed by atoms with E-state index >= 15 is 0 Å². The van der Waals surface area contributed by atoms with E-state index in [2.05, 4.69) is 46.2 Å². The minimum absolute atomic E-state index is 0.197. The molecular weight excluding hydrogens is 374 g/mol. The topological polar surface area (TPSA) is 43.9 Å². The van der Waals surface area contributed by atoms with E-state index in [1.54, 1.807) is 0 Å². The van der Waals surface area contributed by atoms with Crippen LogP contribution in [0.5, 0.6) is 0 Å². The number of likely N-dealkylation sites (tertiary alicyclic amines) is 1. The molecule has 0 bridgehead atoms. The Morgan fingerprint density at radius 2 is 1.57 bits per heavy atom. The molecule has 5 nitrogen and oxygen atoms in total. The van der Waals surface area contributed by atoms with E-state index in [0.717, 1.165) is 77.8 Å². The van der Waals surface area contributed by atoms with Gasteiger partial charge in [-0.1, -0.05) is 30.4 Å². The average molecular weight is 410 g/mol. The molecule has 4 rings (SSSR count). The molecule has 30 heavy (non-hydrogen) atoms. The van der Waals surface area contributed by atoms with Gasteiger partial charge in [0.1, 0.15) is 0 Å². The van der Waals surface area contributed by atoms with Gasteiger partial charge in [0.15, 0.2) is 0 Å². The molecule has 0 aromatic heterocycles. The maximum atomic E-state index is 12.7. The van der Waals surface area contributed by atoms with Gasteiger partial charge in [-0.3, -0.25) is 9.59 Å². The van der Waals surface area contributed by atoms with Crippen molar-refractivity contribution in [1.82, 2.24) is 9.80 Å². The van der Waals surface area contributed by atoms with Crippen LogP contribution in [-0.2, 0) is 9.59 Å². The molecule has 2 aliphatic heterocycles. The first kappa shape index (κ1) is 21.0. The molecule has 3 aliphatic rings. The number of piperidine rings is 1. The molecule has 162 valence electrons. The van der Waals surface area contributed by atoms with Gasteiger partial charge in [0.05, 0.1) is 0 Å². The minimum atomic E-state index is 0.197. The van der Waals surface area contributed by atoms with Crippen LogP contribution in [0.3, 0.4) is 0 Å². The summed E-state index contributed by atoms with van der Waals surface area (Å²) < 4.78 is 0. The third kappa shape index (κ3) is 5.24. The van der Waals surface area contributed by atoms with Crippen LogP contribution in [0.25, 0.3) is 0 Å². The molecule has 1 aromatic rings. The molecule has 2 saturated heterocycles. The van der Waals surface area contributed by atoms with Crippen LogP contribution in [0.4, 0.5) is 5.69 Å². The average Bonchev–Trinajstić information content (AvgIpc) is 2.83. The van der Waals surface area contributed by atoms with Gasteiger partial charge in [0.25, 0.3) is 0 Å². The Morgan fingerprint density at radius 1 is 0.833 bits per heavy atom. The fraction of sp³-hybridized carbons (Fsp3) is 0.600. The zero-order chi connectivity index (χ0) is 20.8. The lowest BCUT2D eigenvalue weighted by molar-refractivity contribution is -0.137. The van der Waals surface area contributed by atoms with Gasteiger partial charge in [0, 0.05) is 57.3 Å². The van der Waals surface area contributed by atoms with Crippen molar-refractivity contribution in [2.75, 3.05) is 44.2 Å². The Hall–Kier alpha value is -2.30. The van der Waals surface area contributed by atoms with Crippen molar-refractivity contribution in [2.24, 2.45) is 11.8 Å². The van der Waals surface area contributed by atoms with Crippen LogP contribution in [0, 0.1) is 11.8 Å². The van der Waals surface area contributed by atoms with Crippen LogP contribution in [0.15, 0.2) is 42.5 Å². The molecule has 2 heterocycles. The number of rotatable bonds is 5. The van der Waals surface area contributed by atoms with Gasteiger partial charge in [-0.25, -0.2) is 0 Å². The molecule has 2 fully saturated rings. The molecule has 0 spiro atoms. The number of carbonyl (C=O) groups excluding carboxylic acids is 2. The first-order chi connectivity index (χ1) is 14.7. The van der Waals surface area contributed by atoms with Gasteiger partial charge < -0.3 is 14.7 Å². The fourth-order valence-corrected chi connectivity index (χ4v) is 5.06. The highest BCUT2D eigenvalue weighted by molar-refractivity contribution is 5.79. The molecule has 1 aromatic carbocycles. The van der Waals surface area contributed by atoms with Crippen LogP contribution in [0.1, 0.15) is 44.9 Å². The third-order valence-electron chi connectivity index (χ3n) is 7.06. The second-order valence-corrected chi connectivity index (χ2v) is 8.99. The summed E-state index contributed by atoms with van der Waals surface area (Å²) in [6.45, 7) is 5.19. The van der Waals surface area contributed by atoms with Crippen LogP contribution < -0.4 is 4.90 Å². The highest BCUT2D eigenvalue weighted by Crippen LogP contribution is 2.27. The Balaban J connectivity index is 1.15. The van der Waals surface area contributed by atoms with Crippen molar-refractivity contribution in [3.8, 4) is 0 Å². The highest BCUT2D eigenvalue weighted by Gasteiger charge is 2.29. The molecule has 1 atom stereocenters. The second kappa shape index (κ2) is 10.1. The number of hydrogen-bond acceptors (Lipinski definition) is 3. The van der Waals surface area contributed by atoms with E-state index in [1.165, 1.54) is 5.69 Å². The van der Waals surface area contributed by atoms with Gasteiger partial charge in [0.2, 0.25) is 11.8 Å². The highest BCUT2D eigenvalue weighted by atomic mass is 16.2. The predicted molar refractivity (Wildman–Crippen MR) is 120 cm³/mol. The summed E-state index contributed by atoms with van der Waals surface area (Å²) in [5.41, 5.74) is 1.25. The lowest BCUT2D eigenvalue weighted by Crippen LogP contribution is -2.49. The van der Waals surface area contributed by atoms with E-state index < -0.39 is 0 Å². The number of benzene rings is 1. The first-order valence-electron chi connectivity index (χ1n) is 11.7. The molecule has 5 heteroatoms. The van der Waals surface area contributed by atoms with Gasteiger partial charge in [-0.15, -0.1) is 0 Å². The lowest BCUT2D eigenvalue weighted by Gasteiger charge is -2.37. The quantitative estimate of drug-likeness (QED) is 0.697. The Labute approximate surface area is 180 Å². The molecule has 0 unspecified atom stereocenters. The summed E-state index contributed by atoms with van der Waals surface area (Å²) in [7, 11) is 0. The van der Waals surface area contributed by atoms with Crippen molar-refractivity contribution in [2.45, 2.75) is 44.9 Å². The maximum Gasteiger partial charge on any atom is 0.226 e. The molecule has 0 radical (unpaired) electrons. The molecular formula is C25H35N3O2. The minimum Gasteiger partial charge on any atom is -0.368 e. The van der Waals surface area contributed by atoms with E-state index in [4.69, 9.17) is 0 Å². The zero-order valence-corrected chi connectivity index (χ0v) is 18.0. The fourth-order valence-electron chi connectivity index (χ4n) is 5.06. The maximum absolute atomic E-state index is 12.7. The Morgan fingerprint density at radius 3 is 2.23 bits per heavy atom. The van der Waals surface area contributed by atoms with Crippen LogP contribution >= 0.6 is 0 Å². The molecule has 1 aliphatic carbocycles. The molecule has 2 amide bonds. The van der Waals surface area contributed by atoms with E-state index in [1.807, 2.05) is 11.0 Å². The van der Waals surface area contributed by atoms with Crippen molar-refractivity contribution in [3.63, 3.8) is 0 Å². The molecule has 0 saturated carbocycles. The van der Waals surface area contributed by atoms with Gasteiger partial charge in [-0.2, -0.15) is 0 Å². The Kier molecular flexibility index (Phi) is 7.08. The Bertz CT molecular complexity index is 732. The number of para-hydroxylation sites is 1. The zero-order valence-electron chi connectivity index (χ0n) is 18.0. The monoisotopic (exact) mass is 409 g/mol. The number of carbonyl (C=O) groups is 2. The van der Waals surface area contributed by atoms with Crippen molar-refractivity contribution >= 4 is 17.5 Å². The number of allylic oxidation sites excluding steroid dienone is 2. The normalized spacial score (nSPS) is 22.9. The standard InChI is InChI=1S/C25H35N3O2/c29-24(27-19-17-26(18-20-27)23-9-5-2-6-10-23)12-11-21-13-15-28(16-14-21)25(30)22-7-3-1-4-8-22/h1-3,5-6,9-10,21-22H,4,7-8,11-20H2/t22-/m0/s1. The first-order valence-corrected chi connectivity index (χ1v) is 11.7. The SMILES string of the molecule is O=C(CCC1CCN(C(=O)[C@H]2CC=CCC2)CC1)N1CCN(c2ccccc2)CC1. The van der Waals surface area contributed by atoms with Gasteiger partial charge >= 0.3 is 0 Å². The number of nitrogens with zero attached hydrogens (tertiary/aromatic N) is 3. The third-order valence-corrected chi connectivity index (χ3v) is 7.06. The van der Waals surface area contributed by atoms with E-state index in [-0.39, 0.29) is 5.92 Å². The van der Waals surface area contributed by atoms with Gasteiger partial charge in [-0.05, 0) is 56.6 Å². The summed E-state index contributed by atoms with van der Waals surface area (Å²) >= 11 is 0. The summed E-state index contributed by atoms with van der Waals surface area (Å²) in [5.74, 6) is 1.43. The van der Waals surface area contributed by atoms with Crippen molar-refractivity contribution in [3.05, 3.63) is 42.5 Å². The summed E-state index contributed by atoms with van der Waals surface area (Å²) in [6, 6.07) is 10.5. The number of piperazine rings is 1. The summed E-state index contributed by atoms with van der Waals surface area (Å²) in [5, 5.41) is 0. The van der Waals surface area contributed by atoms with E-state index in [0.29, 0.717) is 24.2 Å². The van der Waals surface area contributed by atoms with E-state index in [9.17, 15) is 9.59 Å². The van der Waals surface area contributed by atoms with Crippen LogP contribution in [0.2, 0.25) is 0 Å². The molecule has 0 N–H and O–H groups in total. The number of hydrogen-bond donors (Lipinski definition) is 0. The summed E-state index contributed by atoms with van der Waals surface area (Å²) in [6.07, 6.45) is 11.0. The van der Waals surface area contributed by atoms with Crippen molar-refractivity contribution in [1.29, 1.82) is 0 Å². The summed E-state index contributed by atoms with van der Waals surface area (Å²) in [4.78, 5) is 31.9. The number of amides is 2. The predicted octanol–water partition coefficient (Wildman–Crippen LogP) is 3.71. The van der Waals surface area contributed by atoms with Crippen LogP contribution in [-0.4, -0.2) is 60.9 Å². The second-order valence-electron chi connectivity index (χ2n) is 8.99. The number of anilines is 1. The smallest absolute Gasteiger partial charge is 0.226 e. The largest absolute Gasteiger partial charge is 0.368 e. The lowest BCUT2D eigenvalue weighted by atomic mass is 9.89. The van der Waals surface area contributed by atoms with Crippen molar-refractivity contribution < 1.29 is 9.59 Å².